The Hall–Kier alpha value is -1.41. The van der Waals surface area contributed by atoms with Gasteiger partial charge in [0.2, 0.25) is 5.89 Å². The van der Waals surface area contributed by atoms with Crippen molar-refractivity contribution in [1.82, 2.24) is 10.2 Å². The molecular formula is C15H10BrIN2O2. The van der Waals surface area contributed by atoms with E-state index in [-0.39, 0.29) is 6.61 Å². The lowest BCUT2D eigenvalue weighted by Crippen LogP contribution is -1.95. The van der Waals surface area contributed by atoms with Crippen molar-refractivity contribution < 1.29 is 9.15 Å². The highest BCUT2D eigenvalue weighted by molar-refractivity contribution is 14.1. The Labute approximate surface area is 143 Å². The van der Waals surface area contributed by atoms with Gasteiger partial charge in [-0.1, -0.05) is 15.9 Å². The second-order valence-electron chi connectivity index (χ2n) is 4.25. The van der Waals surface area contributed by atoms with Crippen LogP contribution in [0.3, 0.4) is 0 Å². The molecule has 1 heterocycles. The lowest BCUT2D eigenvalue weighted by molar-refractivity contribution is 0.264. The third kappa shape index (κ3) is 3.82. The quantitative estimate of drug-likeness (QED) is 0.534. The van der Waals surface area contributed by atoms with Gasteiger partial charge in [-0.2, -0.15) is 0 Å². The molecule has 0 unspecified atom stereocenters. The highest BCUT2D eigenvalue weighted by atomic mass is 127. The Morgan fingerprint density at radius 2 is 1.71 bits per heavy atom. The standard InChI is InChI=1S/C15H10BrIN2O2/c16-11-3-1-10(2-4-11)15-19-18-14(21-15)9-20-13-7-5-12(17)6-8-13/h1-8H,9H2. The van der Waals surface area contributed by atoms with Crippen molar-refractivity contribution in [2.75, 3.05) is 0 Å². The van der Waals surface area contributed by atoms with Gasteiger partial charge in [-0.15, -0.1) is 10.2 Å². The molecule has 0 saturated heterocycles. The summed E-state index contributed by atoms with van der Waals surface area (Å²) in [6.45, 7) is 0.254. The summed E-state index contributed by atoms with van der Waals surface area (Å²) in [6.07, 6.45) is 0. The number of rotatable bonds is 4. The SMILES string of the molecule is Brc1ccc(-c2nnc(COc3ccc(I)cc3)o2)cc1. The van der Waals surface area contributed by atoms with Gasteiger partial charge in [0.05, 0.1) is 0 Å². The molecule has 4 nitrogen and oxygen atoms in total. The zero-order chi connectivity index (χ0) is 14.7. The van der Waals surface area contributed by atoms with Crippen molar-refractivity contribution in [3.05, 3.63) is 62.5 Å². The molecule has 0 atom stereocenters. The molecule has 0 aliphatic rings. The first-order valence-corrected chi connectivity index (χ1v) is 8.04. The van der Waals surface area contributed by atoms with E-state index in [1.165, 1.54) is 0 Å². The van der Waals surface area contributed by atoms with Crippen LogP contribution >= 0.6 is 38.5 Å². The number of halogens is 2. The van der Waals surface area contributed by atoms with Crippen LogP contribution < -0.4 is 4.74 Å². The summed E-state index contributed by atoms with van der Waals surface area (Å²) in [5.74, 6) is 1.72. The minimum Gasteiger partial charge on any atom is -0.484 e. The normalized spacial score (nSPS) is 10.6. The lowest BCUT2D eigenvalue weighted by Gasteiger charge is -2.02. The van der Waals surface area contributed by atoms with E-state index in [2.05, 4.69) is 48.7 Å². The second-order valence-corrected chi connectivity index (χ2v) is 6.41. The van der Waals surface area contributed by atoms with Gasteiger partial charge in [0.1, 0.15) is 5.75 Å². The van der Waals surface area contributed by atoms with Crippen LogP contribution in [0.2, 0.25) is 0 Å². The van der Waals surface area contributed by atoms with Crippen LogP contribution in [0.5, 0.6) is 5.75 Å². The van der Waals surface area contributed by atoms with Gasteiger partial charge in [0.25, 0.3) is 5.89 Å². The smallest absolute Gasteiger partial charge is 0.254 e. The molecule has 2 aromatic carbocycles. The van der Waals surface area contributed by atoms with Gasteiger partial charge < -0.3 is 9.15 Å². The highest BCUT2D eigenvalue weighted by Gasteiger charge is 2.09. The summed E-state index contributed by atoms with van der Waals surface area (Å²) in [5, 5.41) is 8.02. The van der Waals surface area contributed by atoms with E-state index in [4.69, 9.17) is 9.15 Å². The summed E-state index contributed by atoms with van der Waals surface area (Å²) in [4.78, 5) is 0. The zero-order valence-corrected chi connectivity index (χ0v) is 14.5. The van der Waals surface area contributed by atoms with Crippen molar-refractivity contribution in [2.45, 2.75) is 6.61 Å². The first-order valence-electron chi connectivity index (χ1n) is 6.17. The predicted molar refractivity (Wildman–Crippen MR) is 90.9 cm³/mol. The van der Waals surface area contributed by atoms with Crippen molar-refractivity contribution in [3.8, 4) is 17.2 Å². The molecule has 0 saturated carbocycles. The first kappa shape index (κ1) is 14.5. The maximum atomic E-state index is 5.61. The summed E-state index contributed by atoms with van der Waals surface area (Å²) in [6, 6.07) is 15.5. The maximum Gasteiger partial charge on any atom is 0.254 e. The fourth-order valence-electron chi connectivity index (χ4n) is 1.70. The Kier molecular flexibility index (Phi) is 4.54. The third-order valence-corrected chi connectivity index (χ3v) is 3.98. The maximum absolute atomic E-state index is 5.61. The molecule has 3 aromatic rings. The fraction of sp³-hybridized carbons (Fsp3) is 0.0667. The van der Waals surface area contributed by atoms with Crippen LogP contribution in [-0.4, -0.2) is 10.2 Å². The number of hydrogen-bond acceptors (Lipinski definition) is 4. The molecule has 21 heavy (non-hydrogen) atoms. The van der Waals surface area contributed by atoms with Gasteiger partial charge >= 0.3 is 0 Å². The van der Waals surface area contributed by atoms with Crippen LogP contribution in [0.15, 0.2) is 57.4 Å². The van der Waals surface area contributed by atoms with E-state index >= 15 is 0 Å². The lowest BCUT2D eigenvalue weighted by atomic mass is 10.2. The molecule has 0 radical (unpaired) electrons. The van der Waals surface area contributed by atoms with Gasteiger partial charge in [-0.3, -0.25) is 0 Å². The Morgan fingerprint density at radius 3 is 2.43 bits per heavy atom. The molecule has 0 aliphatic carbocycles. The van der Waals surface area contributed by atoms with Gasteiger partial charge in [-0.05, 0) is 71.1 Å². The number of aromatic nitrogens is 2. The van der Waals surface area contributed by atoms with E-state index in [0.717, 1.165) is 19.4 Å². The van der Waals surface area contributed by atoms with E-state index in [9.17, 15) is 0 Å². The van der Waals surface area contributed by atoms with Crippen LogP contribution in [0, 0.1) is 3.57 Å². The molecule has 0 fully saturated rings. The minimum absolute atomic E-state index is 0.254. The minimum atomic E-state index is 0.254. The van der Waals surface area contributed by atoms with Crippen molar-refractivity contribution in [3.63, 3.8) is 0 Å². The highest BCUT2D eigenvalue weighted by Crippen LogP contribution is 2.21. The number of benzene rings is 2. The van der Waals surface area contributed by atoms with Crippen LogP contribution in [0.4, 0.5) is 0 Å². The Morgan fingerprint density at radius 1 is 1.00 bits per heavy atom. The summed E-state index contributed by atoms with van der Waals surface area (Å²) >= 11 is 5.64. The molecule has 0 aliphatic heterocycles. The summed E-state index contributed by atoms with van der Waals surface area (Å²) in [7, 11) is 0. The molecular weight excluding hydrogens is 447 g/mol. The summed E-state index contributed by atoms with van der Waals surface area (Å²) < 4.78 is 13.4. The van der Waals surface area contributed by atoms with Gasteiger partial charge in [0.15, 0.2) is 6.61 Å². The van der Waals surface area contributed by atoms with Crippen LogP contribution in [0.1, 0.15) is 5.89 Å². The second kappa shape index (κ2) is 6.57. The van der Waals surface area contributed by atoms with E-state index in [1.54, 1.807) is 0 Å². The molecule has 0 spiro atoms. The number of ether oxygens (including phenoxy) is 1. The first-order chi connectivity index (χ1) is 10.2. The topological polar surface area (TPSA) is 48.2 Å². The molecule has 0 bridgehead atoms. The zero-order valence-electron chi connectivity index (χ0n) is 10.8. The van der Waals surface area contributed by atoms with Gasteiger partial charge in [0, 0.05) is 13.6 Å². The van der Waals surface area contributed by atoms with E-state index in [0.29, 0.717) is 11.8 Å². The van der Waals surface area contributed by atoms with E-state index < -0.39 is 0 Å². The predicted octanol–water partition coefficient (Wildman–Crippen LogP) is 4.68. The molecule has 0 N–H and O–H groups in total. The molecule has 6 heteroatoms. The van der Waals surface area contributed by atoms with E-state index in [1.807, 2.05) is 48.5 Å². The largest absolute Gasteiger partial charge is 0.484 e. The molecule has 3 rings (SSSR count). The Balaban J connectivity index is 1.67. The van der Waals surface area contributed by atoms with Crippen LogP contribution in [0.25, 0.3) is 11.5 Å². The average molecular weight is 457 g/mol. The van der Waals surface area contributed by atoms with Crippen LogP contribution in [-0.2, 0) is 6.61 Å². The van der Waals surface area contributed by atoms with Crippen molar-refractivity contribution in [1.29, 1.82) is 0 Å². The summed E-state index contributed by atoms with van der Waals surface area (Å²) in [5.41, 5.74) is 0.881. The Bertz CT molecular complexity index is 726. The molecule has 1 aromatic heterocycles. The average Bonchev–Trinajstić information content (AvgIpc) is 2.96. The molecule has 0 amide bonds. The number of hydrogen-bond donors (Lipinski definition) is 0. The van der Waals surface area contributed by atoms with Gasteiger partial charge in [-0.25, -0.2) is 0 Å². The van der Waals surface area contributed by atoms with Crippen molar-refractivity contribution >= 4 is 38.5 Å². The number of nitrogens with zero attached hydrogens (tertiary/aromatic N) is 2. The fourth-order valence-corrected chi connectivity index (χ4v) is 2.32. The molecule has 106 valence electrons. The van der Waals surface area contributed by atoms with Crippen molar-refractivity contribution in [2.24, 2.45) is 0 Å². The monoisotopic (exact) mass is 456 g/mol. The third-order valence-electron chi connectivity index (χ3n) is 2.73.